The summed E-state index contributed by atoms with van der Waals surface area (Å²) in [5.74, 6) is 2.90. The first kappa shape index (κ1) is 21.8. The van der Waals surface area contributed by atoms with Crippen LogP contribution in [0.3, 0.4) is 0 Å². The second-order valence-corrected chi connectivity index (χ2v) is 10.1. The number of alkyl halides is 1. The smallest absolute Gasteiger partial charge is 0.0163 e. The molecule has 0 bridgehead atoms. The normalized spacial score (nSPS) is 25.2. The number of hydrogen-bond donors (Lipinski definition) is 0. The van der Waals surface area contributed by atoms with Crippen LogP contribution in [0.4, 0.5) is 0 Å². The van der Waals surface area contributed by atoms with Gasteiger partial charge in [-0.15, -0.1) is 0 Å². The number of unbranched alkanes of at least 4 members (excludes halogenated alkanes) is 9. The summed E-state index contributed by atoms with van der Waals surface area (Å²) < 4.78 is 0.956. The summed E-state index contributed by atoms with van der Waals surface area (Å²) in [6.45, 7) is 7.15. The molecule has 0 nitrogen and oxygen atoms in total. The van der Waals surface area contributed by atoms with Gasteiger partial charge in [0.1, 0.15) is 0 Å². The van der Waals surface area contributed by atoms with Gasteiger partial charge in [-0.05, 0) is 37.0 Å². The molecular formula is C22H43I. The van der Waals surface area contributed by atoms with Crippen LogP contribution >= 0.6 is 22.6 Å². The van der Waals surface area contributed by atoms with Gasteiger partial charge in [0.2, 0.25) is 0 Å². The summed E-state index contributed by atoms with van der Waals surface area (Å²) in [4.78, 5) is 0. The fraction of sp³-hybridized carbons (Fsp3) is 1.00. The fourth-order valence-corrected chi connectivity index (χ4v) is 5.24. The lowest BCUT2D eigenvalue weighted by Crippen LogP contribution is -2.26. The minimum absolute atomic E-state index is 0.898. The molecule has 0 N–H and O–H groups in total. The Morgan fingerprint density at radius 3 is 1.87 bits per heavy atom. The van der Waals surface area contributed by atoms with Gasteiger partial charge in [0.15, 0.2) is 0 Å². The van der Waals surface area contributed by atoms with Crippen molar-refractivity contribution >= 4 is 22.6 Å². The zero-order chi connectivity index (χ0) is 16.9. The van der Waals surface area contributed by atoms with Gasteiger partial charge in [-0.3, -0.25) is 0 Å². The Morgan fingerprint density at radius 2 is 1.30 bits per heavy atom. The summed E-state index contributed by atoms with van der Waals surface area (Å²) in [5, 5.41) is 0. The molecule has 0 aromatic rings. The Balaban J connectivity index is 1.81. The Hall–Kier alpha value is 0.730. The highest BCUT2D eigenvalue weighted by Gasteiger charge is 2.27. The van der Waals surface area contributed by atoms with E-state index in [1.807, 2.05) is 0 Å². The highest BCUT2D eigenvalue weighted by Crippen LogP contribution is 2.37. The molecule has 23 heavy (non-hydrogen) atoms. The fourth-order valence-electron chi connectivity index (χ4n) is 4.16. The topological polar surface area (TPSA) is 0 Å². The molecule has 1 heteroatoms. The summed E-state index contributed by atoms with van der Waals surface area (Å²) in [6.07, 6.45) is 22.2. The van der Waals surface area contributed by atoms with Crippen molar-refractivity contribution in [2.45, 2.75) is 121 Å². The molecule has 0 aromatic heterocycles. The molecular weight excluding hydrogens is 391 g/mol. The Morgan fingerprint density at radius 1 is 0.783 bits per heavy atom. The number of halogens is 1. The predicted molar refractivity (Wildman–Crippen MR) is 115 cm³/mol. The third kappa shape index (κ3) is 11.1. The molecule has 138 valence electrons. The Kier molecular flexibility index (Phi) is 13.2. The average molecular weight is 434 g/mol. The van der Waals surface area contributed by atoms with E-state index in [9.17, 15) is 0 Å². The summed E-state index contributed by atoms with van der Waals surface area (Å²) in [5.41, 5.74) is 0. The van der Waals surface area contributed by atoms with Crippen LogP contribution in [0, 0.1) is 17.8 Å². The first-order valence-electron chi connectivity index (χ1n) is 10.7. The van der Waals surface area contributed by atoms with Crippen molar-refractivity contribution in [1.82, 2.24) is 0 Å². The summed E-state index contributed by atoms with van der Waals surface area (Å²) in [6, 6.07) is 0. The maximum Gasteiger partial charge on any atom is 0.0163 e. The van der Waals surface area contributed by atoms with Gasteiger partial charge in [0.25, 0.3) is 0 Å². The summed E-state index contributed by atoms with van der Waals surface area (Å²) in [7, 11) is 0. The average Bonchev–Trinajstić information content (AvgIpc) is 2.52. The van der Waals surface area contributed by atoms with Crippen LogP contribution in [0.2, 0.25) is 0 Å². The SMILES string of the molecule is CC(C)CCCCCCCCCCCCC1CCCC(C)C1I. The van der Waals surface area contributed by atoms with E-state index in [2.05, 4.69) is 43.4 Å². The van der Waals surface area contributed by atoms with E-state index >= 15 is 0 Å². The first-order valence-corrected chi connectivity index (χ1v) is 12.0. The van der Waals surface area contributed by atoms with Crippen molar-refractivity contribution in [3.63, 3.8) is 0 Å². The van der Waals surface area contributed by atoms with Gasteiger partial charge in [-0.2, -0.15) is 0 Å². The molecule has 1 fully saturated rings. The lowest BCUT2D eigenvalue weighted by atomic mass is 9.80. The van der Waals surface area contributed by atoms with Crippen molar-refractivity contribution in [2.24, 2.45) is 17.8 Å². The molecule has 1 aliphatic carbocycles. The Bertz CT molecular complexity index is 261. The molecule has 3 atom stereocenters. The minimum Gasteiger partial charge on any atom is -0.0820 e. The predicted octanol–water partition coefficient (Wildman–Crippen LogP) is 8.56. The monoisotopic (exact) mass is 434 g/mol. The van der Waals surface area contributed by atoms with Crippen molar-refractivity contribution in [2.75, 3.05) is 0 Å². The van der Waals surface area contributed by atoms with E-state index in [0.717, 1.165) is 21.7 Å². The molecule has 0 aromatic carbocycles. The van der Waals surface area contributed by atoms with E-state index in [-0.39, 0.29) is 0 Å². The molecule has 0 spiro atoms. The Labute approximate surface area is 161 Å². The molecule has 0 amide bonds. The molecule has 1 rings (SSSR count). The third-order valence-electron chi connectivity index (χ3n) is 5.83. The second-order valence-electron chi connectivity index (χ2n) is 8.62. The van der Waals surface area contributed by atoms with Crippen molar-refractivity contribution in [3.8, 4) is 0 Å². The molecule has 1 saturated carbocycles. The van der Waals surface area contributed by atoms with E-state index < -0.39 is 0 Å². The summed E-state index contributed by atoms with van der Waals surface area (Å²) >= 11 is 2.74. The van der Waals surface area contributed by atoms with Crippen LogP contribution in [0.15, 0.2) is 0 Å². The van der Waals surface area contributed by atoms with Crippen LogP contribution < -0.4 is 0 Å². The van der Waals surface area contributed by atoms with Gasteiger partial charge < -0.3 is 0 Å². The molecule has 0 radical (unpaired) electrons. The largest absolute Gasteiger partial charge is 0.0820 e. The molecule has 0 saturated heterocycles. The van der Waals surface area contributed by atoms with Gasteiger partial charge >= 0.3 is 0 Å². The molecule has 0 aliphatic heterocycles. The van der Waals surface area contributed by atoms with Crippen molar-refractivity contribution in [3.05, 3.63) is 0 Å². The zero-order valence-corrected chi connectivity index (χ0v) is 18.5. The van der Waals surface area contributed by atoms with Gasteiger partial charge in [0.05, 0.1) is 0 Å². The standard InChI is InChI=1S/C22H43I/c1-19(2)15-12-10-8-6-4-5-7-9-11-13-17-21-18-14-16-20(3)22(21)23/h19-22H,4-18H2,1-3H3. The van der Waals surface area contributed by atoms with E-state index in [0.29, 0.717) is 0 Å². The second kappa shape index (κ2) is 14.0. The number of rotatable bonds is 13. The van der Waals surface area contributed by atoms with Crippen molar-refractivity contribution in [1.29, 1.82) is 0 Å². The van der Waals surface area contributed by atoms with Gasteiger partial charge in [-0.1, -0.05) is 120 Å². The maximum atomic E-state index is 2.74. The van der Waals surface area contributed by atoms with E-state index in [4.69, 9.17) is 0 Å². The highest BCUT2D eigenvalue weighted by molar-refractivity contribution is 14.1. The molecule has 1 aliphatic rings. The quantitative estimate of drug-likeness (QED) is 0.155. The maximum absolute atomic E-state index is 2.74. The lowest BCUT2D eigenvalue weighted by Gasteiger charge is -2.32. The van der Waals surface area contributed by atoms with Crippen LogP contribution in [-0.2, 0) is 0 Å². The van der Waals surface area contributed by atoms with Crippen molar-refractivity contribution < 1.29 is 0 Å². The first-order chi connectivity index (χ1) is 11.1. The number of hydrogen-bond acceptors (Lipinski definition) is 0. The minimum atomic E-state index is 0.898. The lowest BCUT2D eigenvalue weighted by molar-refractivity contribution is 0.286. The highest BCUT2D eigenvalue weighted by atomic mass is 127. The zero-order valence-electron chi connectivity index (χ0n) is 16.3. The van der Waals surface area contributed by atoms with Crippen LogP contribution in [0.25, 0.3) is 0 Å². The van der Waals surface area contributed by atoms with Gasteiger partial charge in [-0.25, -0.2) is 0 Å². The van der Waals surface area contributed by atoms with E-state index in [1.54, 1.807) is 0 Å². The van der Waals surface area contributed by atoms with Gasteiger partial charge in [0, 0.05) is 3.92 Å². The third-order valence-corrected chi connectivity index (χ3v) is 8.08. The van der Waals surface area contributed by atoms with E-state index in [1.165, 1.54) is 96.3 Å². The van der Waals surface area contributed by atoms with Crippen LogP contribution in [0.1, 0.15) is 117 Å². The molecule has 0 heterocycles. The van der Waals surface area contributed by atoms with Crippen LogP contribution in [0.5, 0.6) is 0 Å². The molecule has 3 unspecified atom stereocenters. The van der Waals surface area contributed by atoms with Crippen LogP contribution in [-0.4, -0.2) is 3.92 Å².